The zero-order chi connectivity index (χ0) is 56.5. The molecular formula is C62H80F6N4O6S2. The Hall–Kier alpha value is -4.46. The average molecular weight is 1160 g/mol. The average Bonchev–Trinajstić information content (AvgIpc) is 4.13. The van der Waals surface area contributed by atoms with Gasteiger partial charge < -0.3 is 38.5 Å². The lowest BCUT2D eigenvalue weighted by molar-refractivity contribution is -0.213. The van der Waals surface area contributed by atoms with Crippen molar-refractivity contribution in [3.63, 3.8) is 0 Å². The second-order valence-electron chi connectivity index (χ2n) is 21.7. The number of ether oxygens (including phenoxy) is 4. The third-order valence-electron chi connectivity index (χ3n) is 15.5. The van der Waals surface area contributed by atoms with Gasteiger partial charge in [-0.15, -0.1) is 0 Å². The lowest BCUT2D eigenvalue weighted by Gasteiger charge is -2.33. The number of hydrogen-bond acceptors (Lipinski definition) is 12. The Bertz CT molecular complexity index is 2430. The van der Waals surface area contributed by atoms with Crippen molar-refractivity contribution in [2.45, 2.75) is 199 Å². The van der Waals surface area contributed by atoms with Crippen LogP contribution < -0.4 is 9.80 Å². The summed E-state index contributed by atoms with van der Waals surface area (Å²) in [5.74, 6) is -2.24. The fourth-order valence-corrected chi connectivity index (χ4v) is 13.4. The first kappa shape index (κ1) is 61.6. The Balaban J connectivity index is 0.849. The molecule has 0 N–H and O–H groups in total. The summed E-state index contributed by atoms with van der Waals surface area (Å²) >= 11 is 2.95. The van der Waals surface area contributed by atoms with Gasteiger partial charge in [-0.3, -0.25) is 0 Å². The molecule has 80 heavy (non-hydrogen) atoms. The van der Waals surface area contributed by atoms with E-state index in [1.54, 1.807) is 12.1 Å². The maximum Gasteiger partial charge on any atom is 0.419 e. The van der Waals surface area contributed by atoms with Crippen LogP contribution in [-0.4, -0.2) is 98.9 Å². The van der Waals surface area contributed by atoms with Crippen LogP contribution in [0, 0.1) is 0 Å². The van der Waals surface area contributed by atoms with E-state index in [9.17, 15) is 35.9 Å². The van der Waals surface area contributed by atoms with Crippen LogP contribution in [0.15, 0.2) is 105 Å². The second kappa shape index (κ2) is 30.2. The van der Waals surface area contributed by atoms with Crippen molar-refractivity contribution in [3.8, 4) is 0 Å². The highest BCUT2D eigenvalue weighted by atomic mass is 32.2. The first-order valence-corrected chi connectivity index (χ1v) is 31.0. The molecule has 0 aromatic heterocycles. The van der Waals surface area contributed by atoms with Gasteiger partial charge >= 0.3 is 24.3 Å². The molecule has 2 saturated heterocycles. The molecule has 8 rings (SSSR count). The Kier molecular flexibility index (Phi) is 23.3. The number of esters is 2. The number of rotatable bonds is 30. The number of hydrogen-bond donors (Lipinski definition) is 0. The van der Waals surface area contributed by atoms with Crippen LogP contribution in [0.4, 0.5) is 49.1 Å². The van der Waals surface area contributed by atoms with Crippen LogP contribution in [-0.2, 0) is 40.9 Å². The maximum atomic E-state index is 13.9. The Morgan fingerprint density at radius 2 is 0.863 bits per heavy atom. The Labute approximate surface area is 478 Å². The molecule has 4 atom stereocenters. The van der Waals surface area contributed by atoms with Crippen LogP contribution in [0.1, 0.15) is 153 Å². The lowest BCUT2D eigenvalue weighted by atomic mass is 10.1. The number of unbranched alkanes of at least 4 members (excludes halogenated alkanes) is 12. The fraction of sp³-hybridized carbons (Fsp3) is 0.581. The van der Waals surface area contributed by atoms with E-state index in [0.717, 1.165) is 120 Å². The molecule has 4 aromatic carbocycles. The summed E-state index contributed by atoms with van der Waals surface area (Å²) in [6.45, 7) is 9.38. The molecule has 2 fully saturated rings. The fourth-order valence-electron chi connectivity index (χ4n) is 11.2. The molecule has 4 unspecified atom stereocenters. The number of nitrogens with zero attached hydrogens (tertiary/aromatic N) is 4. The van der Waals surface area contributed by atoms with E-state index in [1.807, 2.05) is 58.3 Å². The lowest BCUT2D eigenvalue weighted by Crippen LogP contribution is -2.36. The molecule has 4 aliphatic rings. The number of anilines is 4. The predicted octanol–water partition coefficient (Wildman–Crippen LogP) is 16.6. The Morgan fingerprint density at radius 3 is 1.26 bits per heavy atom. The monoisotopic (exact) mass is 1150 g/mol. The largest absolute Gasteiger partial charge is 0.427 e. The highest BCUT2D eigenvalue weighted by Gasteiger charge is 2.37. The van der Waals surface area contributed by atoms with Crippen molar-refractivity contribution in [2.24, 2.45) is 0 Å². The summed E-state index contributed by atoms with van der Waals surface area (Å²) in [6.07, 6.45) is 6.96. The van der Waals surface area contributed by atoms with Gasteiger partial charge in [0.05, 0.1) is 46.1 Å². The molecule has 0 aliphatic carbocycles. The molecule has 4 aliphatic heterocycles. The SMILES string of the molecule is CCCCCCCCCC(OC(=O)C(=O)OC(CCCCCCCCC)OC1CCN(CCCN2c3ccccc3Sc3ccc(C(F)(F)F)cc32)C1)OC1CCN(CCCN2c3ccccc3Sc3ccc(C(F)(F)F)cc32)C1. The number of likely N-dealkylation sites (tertiary alicyclic amines) is 2. The normalized spacial score (nSPS) is 18.1. The van der Waals surface area contributed by atoms with Gasteiger partial charge in [-0.25, -0.2) is 9.59 Å². The number of alkyl halides is 6. The maximum absolute atomic E-state index is 13.9. The van der Waals surface area contributed by atoms with E-state index in [-0.39, 0.29) is 12.2 Å². The smallest absolute Gasteiger partial charge is 0.419 e. The number of benzene rings is 4. The predicted molar refractivity (Wildman–Crippen MR) is 304 cm³/mol. The first-order valence-electron chi connectivity index (χ1n) is 29.3. The summed E-state index contributed by atoms with van der Waals surface area (Å²) in [7, 11) is 0. The summed E-state index contributed by atoms with van der Waals surface area (Å²) < 4.78 is 108. The van der Waals surface area contributed by atoms with Crippen LogP contribution in [0.25, 0.3) is 0 Å². The molecule has 4 aromatic rings. The zero-order valence-corrected chi connectivity index (χ0v) is 48.1. The minimum absolute atomic E-state index is 0.262. The zero-order valence-electron chi connectivity index (χ0n) is 46.5. The van der Waals surface area contributed by atoms with Crippen LogP contribution >= 0.6 is 23.5 Å². The van der Waals surface area contributed by atoms with E-state index in [4.69, 9.17) is 18.9 Å². The quantitative estimate of drug-likeness (QED) is 0.0164. The number of carbonyl (C=O) groups excluding carboxylic acids is 2. The van der Waals surface area contributed by atoms with Gasteiger partial charge in [0.2, 0.25) is 12.6 Å². The van der Waals surface area contributed by atoms with E-state index in [0.29, 0.717) is 89.2 Å². The molecule has 0 radical (unpaired) electrons. The molecule has 18 heteroatoms. The third kappa shape index (κ3) is 17.8. The standard InChI is InChI=1S/C62H80F6N4O6S2/c1-3-5-7-9-11-13-15-27-57(75-47-33-39-69(43-47)35-21-37-71-49-23-17-19-25-53(49)79-55-31-29-45(41-51(55)71)61(63,64)65)77-59(73)60(74)78-58(28-16-14-12-10-8-6-4-2)76-48-34-40-70(44-48)36-22-38-72-50-24-18-20-26-54(50)80-56-32-30-46(42-52(56)72)62(66,67)68/h17-20,23-26,29-32,41-42,47-48,57-58H,3-16,21-22,27-28,33-40,43-44H2,1-2H3. The molecule has 10 nitrogen and oxygen atoms in total. The topological polar surface area (TPSA) is 84.0 Å². The molecule has 438 valence electrons. The van der Waals surface area contributed by atoms with Crippen molar-refractivity contribution in [3.05, 3.63) is 96.1 Å². The highest BCUT2D eigenvalue weighted by molar-refractivity contribution is 8.00. The van der Waals surface area contributed by atoms with Gasteiger partial charge in [-0.1, -0.05) is 139 Å². The Morgan fingerprint density at radius 1 is 0.487 bits per heavy atom. The van der Waals surface area contributed by atoms with E-state index in [2.05, 4.69) is 23.6 Å². The number of fused-ring (bicyclic) bond motifs is 4. The van der Waals surface area contributed by atoms with Crippen LogP contribution in [0.5, 0.6) is 0 Å². The highest BCUT2D eigenvalue weighted by Crippen LogP contribution is 2.51. The molecule has 0 bridgehead atoms. The van der Waals surface area contributed by atoms with E-state index >= 15 is 0 Å². The minimum atomic E-state index is -4.46. The van der Waals surface area contributed by atoms with Crippen LogP contribution in [0.3, 0.4) is 0 Å². The number of para-hydroxylation sites is 2. The summed E-state index contributed by atoms with van der Waals surface area (Å²) in [6, 6.07) is 23.5. The van der Waals surface area contributed by atoms with Gasteiger partial charge in [-0.2, -0.15) is 26.3 Å². The molecule has 0 saturated carbocycles. The molecular weight excluding hydrogens is 1070 g/mol. The second-order valence-corrected chi connectivity index (χ2v) is 23.9. The van der Waals surface area contributed by atoms with Crippen molar-refractivity contribution < 1.29 is 54.9 Å². The van der Waals surface area contributed by atoms with E-state index in [1.165, 1.54) is 61.3 Å². The van der Waals surface area contributed by atoms with Crippen molar-refractivity contribution in [2.75, 3.05) is 62.2 Å². The van der Waals surface area contributed by atoms with Crippen LogP contribution in [0.2, 0.25) is 0 Å². The summed E-state index contributed by atoms with van der Waals surface area (Å²) in [4.78, 5) is 39.5. The molecule has 4 heterocycles. The van der Waals surface area contributed by atoms with Gasteiger partial charge in [0.25, 0.3) is 0 Å². The summed E-state index contributed by atoms with van der Waals surface area (Å²) in [5, 5.41) is 0. The van der Waals surface area contributed by atoms with Crippen molar-refractivity contribution in [1.82, 2.24) is 9.80 Å². The van der Waals surface area contributed by atoms with Gasteiger partial charge in [0.15, 0.2) is 0 Å². The van der Waals surface area contributed by atoms with E-state index < -0.39 is 48.0 Å². The molecule has 0 spiro atoms. The van der Waals surface area contributed by atoms with Crippen molar-refractivity contribution >= 4 is 58.2 Å². The number of carbonyl (C=O) groups is 2. The molecule has 0 amide bonds. The number of halogens is 6. The van der Waals surface area contributed by atoms with Crippen molar-refractivity contribution in [1.29, 1.82) is 0 Å². The third-order valence-corrected chi connectivity index (χ3v) is 17.8. The van der Waals surface area contributed by atoms with Gasteiger partial charge in [-0.05, 0) is 112 Å². The van der Waals surface area contributed by atoms with Gasteiger partial charge in [0.1, 0.15) is 0 Å². The summed E-state index contributed by atoms with van der Waals surface area (Å²) in [5.41, 5.74) is 1.51. The van der Waals surface area contributed by atoms with Gasteiger partial charge in [0, 0.05) is 71.7 Å². The first-order chi connectivity index (χ1) is 38.7. The minimum Gasteiger partial charge on any atom is -0.427 e.